The fourth-order valence-corrected chi connectivity index (χ4v) is 3.04. The summed E-state index contributed by atoms with van der Waals surface area (Å²) < 4.78 is 16.0. The molecular weight excluding hydrogens is 322 g/mol. The highest BCUT2D eigenvalue weighted by molar-refractivity contribution is 5.73. The van der Waals surface area contributed by atoms with Crippen molar-refractivity contribution in [3.8, 4) is 5.75 Å². The number of aromatic nitrogens is 2. The molecule has 1 aromatic heterocycles. The monoisotopic (exact) mass is 345 g/mol. The lowest BCUT2D eigenvalue weighted by Gasteiger charge is -2.28. The van der Waals surface area contributed by atoms with E-state index in [4.69, 9.17) is 14.0 Å². The maximum Gasteiger partial charge on any atom is 0.249 e. The van der Waals surface area contributed by atoms with Gasteiger partial charge >= 0.3 is 0 Å². The van der Waals surface area contributed by atoms with Gasteiger partial charge in [-0.15, -0.1) is 0 Å². The summed E-state index contributed by atoms with van der Waals surface area (Å²) in [6.07, 6.45) is 2.29. The Morgan fingerprint density at radius 2 is 2.04 bits per heavy atom. The van der Waals surface area contributed by atoms with Gasteiger partial charge in [-0.2, -0.15) is 4.98 Å². The molecule has 1 atom stereocenters. The third-order valence-electron chi connectivity index (χ3n) is 4.37. The highest BCUT2D eigenvalue weighted by atomic mass is 16.5. The first-order valence-electron chi connectivity index (χ1n) is 8.46. The Morgan fingerprint density at radius 1 is 1.32 bits per heavy atom. The minimum Gasteiger partial charge on any atom is -0.497 e. The van der Waals surface area contributed by atoms with Crippen LogP contribution in [0.1, 0.15) is 43.1 Å². The molecule has 1 aliphatic heterocycles. The number of rotatable bonds is 6. The third kappa shape index (κ3) is 4.57. The molecule has 7 nitrogen and oxygen atoms in total. The fourth-order valence-electron chi connectivity index (χ4n) is 3.04. The Bertz CT molecular complexity index is 693. The third-order valence-corrected chi connectivity index (χ3v) is 4.37. The number of carbonyl (C=O) groups is 1. The van der Waals surface area contributed by atoms with Crippen LogP contribution in [0, 0.1) is 5.92 Å². The molecule has 0 unspecified atom stereocenters. The van der Waals surface area contributed by atoms with Gasteiger partial charge in [0.25, 0.3) is 0 Å². The number of nitrogens with zero attached hydrogens (tertiary/aromatic N) is 2. The highest BCUT2D eigenvalue weighted by Crippen LogP contribution is 2.29. The molecule has 0 radical (unpaired) electrons. The first-order chi connectivity index (χ1) is 12.2. The van der Waals surface area contributed by atoms with Crippen LogP contribution in [0.2, 0.25) is 0 Å². The summed E-state index contributed by atoms with van der Waals surface area (Å²) in [5.74, 6) is 2.01. The minimum atomic E-state index is -0.265. The average Bonchev–Trinajstić information content (AvgIpc) is 3.09. The van der Waals surface area contributed by atoms with Crippen LogP contribution >= 0.6 is 0 Å². The first kappa shape index (κ1) is 17.4. The van der Waals surface area contributed by atoms with Crippen molar-refractivity contribution in [1.29, 1.82) is 0 Å². The summed E-state index contributed by atoms with van der Waals surface area (Å²) >= 11 is 0. The zero-order chi connectivity index (χ0) is 17.6. The maximum absolute atomic E-state index is 11.6. The van der Waals surface area contributed by atoms with E-state index in [1.54, 1.807) is 7.11 Å². The molecule has 7 heteroatoms. The number of ether oxygens (including phenoxy) is 2. The van der Waals surface area contributed by atoms with Crippen LogP contribution in [-0.2, 0) is 16.0 Å². The highest BCUT2D eigenvalue weighted by Gasteiger charge is 2.30. The van der Waals surface area contributed by atoms with Crippen molar-refractivity contribution < 1.29 is 18.8 Å². The summed E-state index contributed by atoms with van der Waals surface area (Å²) in [7, 11) is 1.64. The summed E-state index contributed by atoms with van der Waals surface area (Å²) in [6.45, 7) is 2.88. The molecule has 1 saturated heterocycles. The lowest BCUT2D eigenvalue weighted by atomic mass is 9.91. The van der Waals surface area contributed by atoms with Crippen molar-refractivity contribution in [1.82, 2.24) is 15.5 Å². The number of methoxy groups -OCH3 is 1. The largest absolute Gasteiger partial charge is 0.497 e. The van der Waals surface area contributed by atoms with Gasteiger partial charge in [0.15, 0.2) is 5.82 Å². The molecule has 1 aromatic carbocycles. The summed E-state index contributed by atoms with van der Waals surface area (Å²) in [5, 5.41) is 7.03. The van der Waals surface area contributed by atoms with Gasteiger partial charge in [0.1, 0.15) is 11.8 Å². The van der Waals surface area contributed by atoms with E-state index in [9.17, 15) is 4.79 Å². The van der Waals surface area contributed by atoms with Crippen LogP contribution in [0.5, 0.6) is 5.75 Å². The normalized spacial score (nSPS) is 16.4. The van der Waals surface area contributed by atoms with Gasteiger partial charge in [0.2, 0.25) is 11.8 Å². The predicted molar refractivity (Wildman–Crippen MR) is 90.2 cm³/mol. The second-order valence-electron chi connectivity index (χ2n) is 6.20. The number of nitrogens with one attached hydrogen (secondary N) is 1. The molecule has 0 bridgehead atoms. The van der Waals surface area contributed by atoms with Crippen molar-refractivity contribution in [3.05, 3.63) is 41.5 Å². The van der Waals surface area contributed by atoms with Crippen molar-refractivity contribution in [3.63, 3.8) is 0 Å². The van der Waals surface area contributed by atoms with Crippen LogP contribution in [0.15, 0.2) is 28.8 Å². The second kappa shape index (κ2) is 8.11. The number of hydrogen-bond acceptors (Lipinski definition) is 6. The Hall–Kier alpha value is -2.41. The molecule has 1 aliphatic rings. The molecule has 0 spiro atoms. The van der Waals surface area contributed by atoms with E-state index < -0.39 is 0 Å². The van der Waals surface area contributed by atoms with E-state index in [0.29, 0.717) is 31.3 Å². The maximum atomic E-state index is 11.6. The van der Waals surface area contributed by atoms with E-state index in [2.05, 4.69) is 15.5 Å². The quantitative estimate of drug-likeness (QED) is 0.864. The predicted octanol–water partition coefficient (Wildman–Crippen LogP) is 2.27. The van der Waals surface area contributed by atoms with Crippen molar-refractivity contribution in [2.45, 2.75) is 32.2 Å². The van der Waals surface area contributed by atoms with Crippen molar-refractivity contribution >= 4 is 5.91 Å². The molecule has 0 saturated carbocycles. The van der Waals surface area contributed by atoms with Crippen LogP contribution in [0.25, 0.3) is 0 Å². The van der Waals surface area contributed by atoms with E-state index >= 15 is 0 Å². The minimum absolute atomic E-state index is 0.105. The Balaban J connectivity index is 1.73. The zero-order valence-electron chi connectivity index (χ0n) is 14.5. The Kier molecular flexibility index (Phi) is 5.65. The van der Waals surface area contributed by atoms with Gasteiger partial charge in [0, 0.05) is 26.6 Å². The first-order valence-corrected chi connectivity index (χ1v) is 8.46. The van der Waals surface area contributed by atoms with Gasteiger partial charge in [0.05, 0.1) is 7.11 Å². The molecule has 0 aliphatic carbocycles. The summed E-state index contributed by atoms with van der Waals surface area (Å²) in [6, 6.07) is 7.48. The smallest absolute Gasteiger partial charge is 0.249 e. The van der Waals surface area contributed by atoms with Gasteiger partial charge in [-0.05, 0) is 36.5 Å². The second-order valence-corrected chi connectivity index (χ2v) is 6.20. The SMILES string of the molecule is COc1ccc(Cc2noc([C@H](NC(C)=O)C3CCOCC3)n2)cc1. The lowest BCUT2D eigenvalue weighted by Crippen LogP contribution is -2.35. The van der Waals surface area contributed by atoms with Crippen LogP contribution in [-0.4, -0.2) is 36.4 Å². The summed E-state index contributed by atoms with van der Waals surface area (Å²) in [4.78, 5) is 16.1. The molecule has 2 heterocycles. The molecule has 3 rings (SSSR count). The average molecular weight is 345 g/mol. The van der Waals surface area contributed by atoms with Gasteiger partial charge in [-0.1, -0.05) is 17.3 Å². The zero-order valence-corrected chi connectivity index (χ0v) is 14.5. The molecule has 1 N–H and O–H groups in total. The van der Waals surface area contributed by atoms with Crippen LogP contribution in [0.3, 0.4) is 0 Å². The standard InChI is InChI=1S/C18H23N3O4/c1-12(22)19-17(14-7-9-24-10-8-14)18-20-16(21-25-18)11-13-3-5-15(23-2)6-4-13/h3-6,14,17H,7-11H2,1-2H3,(H,19,22)/t17-/m1/s1. The Morgan fingerprint density at radius 3 is 2.68 bits per heavy atom. The van der Waals surface area contributed by atoms with Gasteiger partial charge < -0.3 is 19.3 Å². The van der Waals surface area contributed by atoms with Crippen molar-refractivity contribution in [2.75, 3.05) is 20.3 Å². The summed E-state index contributed by atoms with van der Waals surface area (Å²) in [5.41, 5.74) is 1.07. The van der Waals surface area contributed by atoms with E-state index in [1.165, 1.54) is 6.92 Å². The molecule has 134 valence electrons. The molecular formula is C18H23N3O4. The molecule has 25 heavy (non-hydrogen) atoms. The fraction of sp³-hybridized carbons (Fsp3) is 0.500. The molecule has 1 amide bonds. The van der Waals surface area contributed by atoms with Gasteiger partial charge in [-0.25, -0.2) is 0 Å². The van der Waals surface area contributed by atoms with E-state index in [1.807, 2.05) is 24.3 Å². The number of carbonyl (C=O) groups excluding carboxylic acids is 1. The number of hydrogen-bond donors (Lipinski definition) is 1. The van der Waals surface area contributed by atoms with E-state index in [0.717, 1.165) is 24.2 Å². The topological polar surface area (TPSA) is 86.5 Å². The Labute approximate surface area is 146 Å². The van der Waals surface area contributed by atoms with Crippen LogP contribution < -0.4 is 10.1 Å². The molecule has 2 aromatic rings. The molecule has 1 fully saturated rings. The van der Waals surface area contributed by atoms with Crippen LogP contribution in [0.4, 0.5) is 0 Å². The number of amides is 1. The van der Waals surface area contributed by atoms with Gasteiger partial charge in [-0.3, -0.25) is 4.79 Å². The number of benzene rings is 1. The van der Waals surface area contributed by atoms with E-state index in [-0.39, 0.29) is 17.9 Å². The van der Waals surface area contributed by atoms with Crippen molar-refractivity contribution in [2.24, 2.45) is 5.92 Å². The lowest BCUT2D eigenvalue weighted by molar-refractivity contribution is -0.120.